The van der Waals surface area contributed by atoms with Crippen LogP contribution in [0.2, 0.25) is 5.02 Å². The first-order chi connectivity index (χ1) is 12.5. The van der Waals surface area contributed by atoms with Gasteiger partial charge >= 0.3 is 12.0 Å². The zero-order valence-electron chi connectivity index (χ0n) is 14.2. The van der Waals surface area contributed by atoms with Crippen molar-refractivity contribution < 1.29 is 24.2 Å². The lowest BCUT2D eigenvalue weighted by atomic mass is 9.97. The van der Waals surface area contributed by atoms with E-state index in [2.05, 4.69) is 16.7 Å². The zero-order chi connectivity index (χ0) is 18.9. The number of hydrogen-bond acceptors (Lipinski definition) is 5. The van der Waals surface area contributed by atoms with E-state index < -0.39 is 24.5 Å². The van der Waals surface area contributed by atoms with E-state index in [0.29, 0.717) is 6.54 Å². The molecule has 3 N–H and O–H groups in total. The minimum Gasteiger partial charge on any atom is -0.507 e. The predicted molar refractivity (Wildman–Crippen MR) is 96.1 cm³/mol. The summed E-state index contributed by atoms with van der Waals surface area (Å²) >= 11 is 5.74. The number of phenolic OH excluding ortho intramolecular Hbond substituents is 1. The second-order valence-corrected chi connectivity index (χ2v) is 6.34. The molecule has 1 aliphatic rings. The monoisotopic (exact) mass is 380 g/mol. The summed E-state index contributed by atoms with van der Waals surface area (Å²) in [5.74, 6) is -1.99. The molecule has 1 aromatic rings. The molecule has 0 saturated heterocycles. The average Bonchev–Trinajstić information content (AvgIpc) is 2.62. The normalized spacial score (nSPS) is 13.5. The Morgan fingerprint density at radius 1 is 1.23 bits per heavy atom. The van der Waals surface area contributed by atoms with Gasteiger partial charge in [0.05, 0.1) is 0 Å². The molecule has 26 heavy (non-hydrogen) atoms. The minimum atomic E-state index is -0.912. The van der Waals surface area contributed by atoms with Gasteiger partial charge in [0.1, 0.15) is 11.3 Å². The molecule has 0 fully saturated rings. The van der Waals surface area contributed by atoms with Gasteiger partial charge in [0, 0.05) is 11.6 Å². The van der Waals surface area contributed by atoms with Crippen molar-refractivity contribution in [3.05, 3.63) is 40.4 Å². The standard InChI is InChI=1S/C18H21ClN2O5/c19-13-6-7-15(22)14(10-13)17(24)26-11-16(23)21-18(25)20-9-8-12-4-2-1-3-5-12/h4,6-7,10,22H,1-3,5,8-9,11H2,(H2,20,21,23,25). The number of nitrogens with one attached hydrogen (secondary N) is 2. The Hall–Kier alpha value is -2.54. The molecule has 0 unspecified atom stereocenters. The van der Waals surface area contributed by atoms with E-state index in [1.165, 1.54) is 36.6 Å². The smallest absolute Gasteiger partial charge is 0.342 e. The molecule has 8 heteroatoms. The van der Waals surface area contributed by atoms with Crippen LogP contribution in [0.3, 0.4) is 0 Å². The van der Waals surface area contributed by atoms with Crippen LogP contribution in [0.1, 0.15) is 42.5 Å². The number of halogens is 1. The quantitative estimate of drug-likeness (QED) is 0.520. The number of urea groups is 1. The highest BCUT2D eigenvalue weighted by molar-refractivity contribution is 6.31. The number of esters is 1. The average molecular weight is 381 g/mol. The highest BCUT2D eigenvalue weighted by atomic mass is 35.5. The fraction of sp³-hybridized carbons (Fsp3) is 0.389. The van der Waals surface area contributed by atoms with Crippen molar-refractivity contribution in [2.75, 3.05) is 13.2 Å². The predicted octanol–water partition coefficient (Wildman–Crippen LogP) is 2.92. The van der Waals surface area contributed by atoms with Crippen LogP contribution >= 0.6 is 11.6 Å². The summed E-state index contributed by atoms with van der Waals surface area (Å²) in [6.07, 6.45) is 7.45. The Labute approximate surface area is 156 Å². The van der Waals surface area contributed by atoms with Gasteiger partial charge < -0.3 is 15.2 Å². The molecule has 0 spiro atoms. The maximum Gasteiger partial charge on any atom is 0.342 e. The lowest BCUT2D eigenvalue weighted by Crippen LogP contribution is -2.41. The number of imide groups is 1. The first-order valence-electron chi connectivity index (χ1n) is 8.37. The van der Waals surface area contributed by atoms with Gasteiger partial charge in [0.15, 0.2) is 6.61 Å². The topological polar surface area (TPSA) is 105 Å². The molecule has 7 nitrogen and oxygen atoms in total. The Morgan fingerprint density at radius 3 is 2.77 bits per heavy atom. The lowest BCUT2D eigenvalue weighted by molar-refractivity contribution is -0.123. The number of allylic oxidation sites excluding steroid dienone is 1. The fourth-order valence-corrected chi connectivity index (χ4v) is 2.73. The number of ether oxygens (including phenoxy) is 1. The van der Waals surface area contributed by atoms with Crippen LogP contribution in [0.4, 0.5) is 4.79 Å². The Morgan fingerprint density at radius 2 is 2.04 bits per heavy atom. The fourth-order valence-electron chi connectivity index (χ4n) is 2.56. The van der Waals surface area contributed by atoms with Gasteiger partial charge in [0.25, 0.3) is 5.91 Å². The Kier molecular flexibility index (Phi) is 7.47. The van der Waals surface area contributed by atoms with E-state index in [4.69, 9.17) is 16.3 Å². The third kappa shape index (κ3) is 6.40. The molecular formula is C18H21ClN2O5. The second-order valence-electron chi connectivity index (χ2n) is 5.90. The molecule has 0 bridgehead atoms. The zero-order valence-corrected chi connectivity index (χ0v) is 15.0. The summed E-state index contributed by atoms with van der Waals surface area (Å²) in [6, 6.07) is 3.24. The number of rotatable bonds is 6. The van der Waals surface area contributed by atoms with Crippen LogP contribution in [0, 0.1) is 0 Å². The Bertz CT molecular complexity index is 718. The molecular weight excluding hydrogens is 360 g/mol. The van der Waals surface area contributed by atoms with Crippen molar-refractivity contribution in [2.24, 2.45) is 0 Å². The van der Waals surface area contributed by atoms with Crippen LogP contribution in [-0.2, 0) is 9.53 Å². The molecule has 0 atom stereocenters. The minimum absolute atomic E-state index is 0.157. The molecule has 0 aliphatic heterocycles. The summed E-state index contributed by atoms with van der Waals surface area (Å²) in [4.78, 5) is 35.1. The van der Waals surface area contributed by atoms with Gasteiger partial charge in [-0.3, -0.25) is 10.1 Å². The van der Waals surface area contributed by atoms with Gasteiger partial charge in [-0.25, -0.2) is 9.59 Å². The highest BCUT2D eigenvalue weighted by Gasteiger charge is 2.16. The summed E-state index contributed by atoms with van der Waals surface area (Å²) < 4.78 is 4.77. The maximum absolute atomic E-state index is 11.8. The van der Waals surface area contributed by atoms with Crippen molar-refractivity contribution in [2.45, 2.75) is 32.1 Å². The molecule has 3 amide bonds. The molecule has 0 aromatic heterocycles. The van der Waals surface area contributed by atoms with E-state index in [-0.39, 0.29) is 16.3 Å². The van der Waals surface area contributed by atoms with E-state index in [0.717, 1.165) is 19.3 Å². The first-order valence-corrected chi connectivity index (χ1v) is 8.74. The summed E-state index contributed by atoms with van der Waals surface area (Å²) in [7, 11) is 0. The van der Waals surface area contributed by atoms with Crippen molar-refractivity contribution in [3.63, 3.8) is 0 Å². The van der Waals surface area contributed by atoms with Crippen LogP contribution in [-0.4, -0.2) is 36.2 Å². The molecule has 140 valence electrons. The Balaban J connectivity index is 1.69. The number of phenols is 1. The third-order valence-electron chi connectivity index (χ3n) is 3.88. The van der Waals surface area contributed by atoms with Crippen molar-refractivity contribution in [1.82, 2.24) is 10.6 Å². The van der Waals surface area contributed by atoms with Crippen molar-refractivity contribution >= 4 is 29.5 Å². The number of amides is 3. The van der Waals surface area contributed by atoms with Gasteiger partial charge in [-0.2, -0.15) is 0 Å². The summed E-state index contributed by atoms with van der Waals surface area (Å²) in [6.45, 7) is -0.218. The van der Waals surface area contributed by atoms with Crippen molar-refractivity contribution in [1.29, 1.82) is 0 Å². The van der Waals surface area contributed by atoms with E-state index in [9.17, 15) is 19.5 Å². The third-order valence-corrected chi connectivity index (χ3v) is 4.12. The second kappa shape index (κ2) is 9.82. The van der Waals surface area contributed by atoms with E-state index >= 15 is 0 Å². The van der Waals surface area contributed by atoms with Gasteiger partial charge in [-0.1, -0.05) is 23.3 Å². The number of aromatic hydroxyl groups is 1. The summed E-state index contributed by atoms with van der Waals surface area (Å²) in [5, 5.41) is 14.5. The lowest BCUT2D eigenvalue weighted by Gasteiger charge is -2.13. The molecule has 0 saturated carbocycles. The van der Waals surface area contributed by atoms with Gasteiger partial charge in [-0.15, -0.1) is 0 Å². The molecule has 0 radical (unpaired) electrons. The van der Waals surface area contributed by atoms with Gasteiger partial charge in [-0.05, 0) is 50.3 Å². The molecule has 2 rings (SSSR count). The van der Waals surface area contributed by atoms with E-state index in [1.54, 1.807) is 0 Å². The summed E-state index contributed by atoms with van der Waals surface area (Å²) in [5.41, 5.74) is 1.16. The maximum atomic E-state index is 11.8. The van der Waals surface area contributed by atoms with Crippen LogP contribution in [0.25, 0.3) is 0 Å². The highest BCUT2D eigenvalue weighted by Crippen LogP contribution is 2.22. The van der Waals surface area contributed by atoms with E-state index in [1.807, 2.05) is 0 Å². The van der Waals surface area contributed by atoms with Crippen LogP contribution in [0.15, 0.2) is 29.8 Å². The first kappa shape index (κ1) is 19.8. The van der Waals surface area contributed by atoms with Gasteiger partial charge in [0.2, 0.25) is 0 Å². The molecule has 1 aliphatic carbocycles. The van der Waals surface area contributed by atoms with Crippen molar-refractivity contribution in [3.8, 4) is 5.75 Å². The number of hydrogen-bond donors (Lipinski definition) is 3. The van der Waals surface area contributed by atoms with Crippen LogP contribution in [0.5, 0.6) is 5.75 Å². The number of carbonyl (C=O) groups excluding carboxylic acids is 3. The SMILES string of the molecule is O=C(COC(=O)c1cc(Cl)ccc1O)NC(=O)NCCC1=CCCCC1. The largest absolute Gasteiger partial charge is 0.507 e. The molecule has 1 aromatic carbocycles. The number of carbonyl (C=O) groups is 3. The van der Waals surface area contributed by atoms with Crippen LogP contribution < -0.4 is 10.6 Å². The number of benzene rings is 1. The molecule has 0 heterocycles.